The van der Waals surface area contributed by atoms with E-state index in [1.165, 1.54) is 20.3 Å². The van der Waals surface area contributed by atoms with E-state index in [4.69, 9.17) is 4.74 Å². The predicted octanol–water partition coefficient (Wildman–Crippen LogP) is 3.34. The number of carbonyl (C=O) groups is 3. The third-order valence-corrected chi connectivity index (χ3v) is 5.60. The van der Waals surface area contributed by atoms with Gasteiger partial charge >= 0.3 is 11.9 Å². The van der Waals surface area contributed by atoms with Crippen LogP contribution in [0, 0.1) is 0 Å². The third-order valence-electron chi connectivity index (χ3n) is 4.52. The van der Waals surface area contributed by atoms with E-state index >= 15 is 0 Å². The van der Waals surface area contributed by atoms with Gasteiger partial charge in [0, 0.05) is 18.0 Å². The zero-order valence-corrected chi connectivity index (χ0v) is 18.8. The molecule has 1 N–H and O–H groups in total. The molecule has 166 valence electrons. The standard InChI is InChI=1S/C23H23N3O5S/c1-26(14-19(28)30-2)13-16-10-11-17-20(21(23(29)31-3)32-22(17)24-16)25-18(27)12-9-15-7-5-4-6-8-15/h4-12H,13-14H2,1-3H3,(H,25,27). The maximum absolute atomic E-state index is 12.5. The molecule has 2 heterocycles. The minimum atomic E-state index is -0.556. The van der Waals surface area contributed by atoms with Gasteiger partial charge in [0.1, 0.15) is 9.71 Å². The number of fused-ring (bicyclic) bond motifs is 1. The van der Waals surface area contributed by atoms with Gasteiger partial charge in [0.15, 0.2) is 0 Å². The lowest BCUT2D eigenvalue weighted by molar-refractivity contribution is -0.141. The largest absolute Gasteiger partial charge is 0.468 e. The number of thiophene rings is 1. The molecule has 3 aromatic rings. The van der Waals surface area contributed by atoms with E-state index in [0.29, 0.717) is 28.1 Å². The molecule has 8 nitrogen and oxygen atoms in total. The van der Waals surface area contributed by atoms with E-state index < -0.39 is 5.97 Å². The van der Waals surface area contributed by atoms with Crippen molar-refractivity contribution in [3.8, 4) is 0 Å². The number of hydrogen-bond donors (Lipinski definition) is 1. The summed E-state index contributed by atoms with van der Waals surface area (Å²) in [6.45, 7) is 0.543. The molecule has 0 aliphatic carbocycles. The summed E-state index contributed by atoms with van der Waals surface area (Å²) in [5, 5.41) is 3.42. The highest BCUT2D eigenvalue weighted by molar-refractivity contribution is 7.21. The molecule has 1 aromatic carbocycles. The fourth-order valence-corrected chi connectivity index (χ4v) is 4.05. The quantitative estimate of drug-likeness (QED) is 0.413. The molecule has 0 saturated carbocycles. The summed E-state index contributed by atoms with van der Waals surface area (Å²) < 4.78 is 9.56. The maximum Gasteiger partial charge on any atom is 0.350 e. The van der Waals surface area contributed by atoms with Gasteiger partial charge in [0.25, 0.3) is 0 Å². The van der Waals surface area contributed by atoms with Crippen LogP contribution >= 0.6 is 11.3 Å². The molecular weight excluding hydrogens is 430 g/mol. The Balaban J connectivity index is 1.85. The summed E-state index contributed by atoms with van der Waals surface area (Å²) in [5.41, 5.74) is 1.96. The summed E-state index contributed by atoms with van der Waals surface area (Å²) in [5.74, 6) is -1.27. The first kappa shape index (κ1) is 23.1. The summed E-state index contributed by atoms with van der Waals surface area (Å²) in [6, 6.07) is 13.0. The first-order chi connectivity index (χ1) is 15.4. The molecule has 32 heavy (non-hydrogen) atoms. The van der Waals surface area contributed by atoms with Gasteiger partial charge in [0.05, 0.1) is 32.1 Å². The van der Waals surface area contributed by atoms with Gasteiger partial charge in [-0.05, 0) is 30.8 Å². The molecular formula is C23H23N3O5S. The Bertz CT molecular complexity index is 1160. The number of likely N-dealkylation sites (N-methyl/N-ethyl adjacent to an activating group) is 1. The van der Waals surface area contributed by atoms with E-state index in [-0.39, 0.29) is 23.3 Å². The van der Waals surface area contributed by atoms with Crippen LogP contribution in [-0.4, -0.2) is 55.5 Å². The summed E-state index contributed by atoms with van der Waals surface area (Å²) in [6.07, 6.45) is 3.10. The average molecular weight is 454 g/mol. The van der Waals surface area contributed by atoms with E-state index in [2.05, 4.69) is 15.0 Å². The fourth-order valence-electron chi connectivity index (χ4n) is 2.98. The number of ether oxygens (including phenoxy) is 2. The number of anilines is 1. The number of nitrogens with one attached hydrogen (secondary N) is 1. The smallest absolute Gasteiger partial charge is 0.350 e. The van der Waals surface area contributed by atoms with Gasteiger partial charge in [-0.2, -0.15) is 0 Å². The van der Waals surface area contributed by atoms with Gasteiger partial charge in [-0.3, -0.25) is 14.5 Å². The second-order valence-corrected chi connectivity index (χ2v) is 7.93. The number of aromatic nitrogens is 1. The number of hydrogen-bond acceptors (Lipinski definition) is 8. The molecule has 0 saturated heterocycles. The molecule has 0 aliphatic heterocycles. The zero-order valence-electron chi connectivity index (χ0n) is 18.0. The summed E-state index contributed by atoms with van der Waals surface area (Å²) >= 11 is 1.14. The van der Waals surface area contributed by atoms with Crippen molar-refractivity contribution in [1.82, 2.24) is 9.88 Å². The van der Waals surface area contributed by atoms with Crippen LogP contribution in [0.3, 0.4) is 0 Å². The number of amides is 1. The number of esters is 2. The summed E-state index contributed by atoms with van der Waals surface area (Å²) in [4.78, 5) is 43.5. The highest BCUT2D eigenvalue weighted by Crippen LogP contribution is 2.35. The molecule has 0 aliphatic rings. The molecule has 1 amide bonds. The molecule has 9 heteroatoms. The number of carbonyl (C=O) groups excluding carboxylic acids is 3. The Morgan fingerprint density at radius 3 is 2.53 bits per heavy atom. The van der Waals surface area contributed by atoms with Crippen LogP contribution in [0.2, 0.25) is 0 Å². The second-order valence-electron chi connectivity index (χ2n) is 6.93. The van der Waals surface area contributed by atoms with Crippen molar-refractivity contribution in [2.75, 3.05) is 33.1 Å². The maximum atomic E-state index is 12.5. The topological polar surface area (TPSA) is 97.8 Å². The molecule has 0 fully saturated rings. The van der Waals surface area contributed by atoms with Gasteiger partial charge in [-0.15, -0.1) is 11.3 Å². The number of pyridine rings is 1. The SMILES string of the molecule is COC(=O)CN(C)Cc1ccc2c(NC(=O)C=Cc3ccccc3)c(C(=O)OC)sc2n1. The minimum absolute atomic E-state index is 0.128. The van der Waals surface area contributed by atoms with Crippen molar-refractivity contribution in [3.63, 3.8) is 0 Å². The van der Waals surface area contributed by atoms with Crippen molar-refractivity contribution in [1.29, 1.82) is 0 Å². The fraction of sp³-hybridized carbons (Fsp3) is 0.217. The van der Waals surface area contributed by atoms with E-state index in [1.54, 1.807) is 30.2 Å². The van der Waals surface area contributed by atoms with Crippen molar-refractivity contribution in [3.05, 3.63) is 64.7 Å². The molecule has 0 radical (unpaired) electrons. The Kier molecular flexibility index (Phi) is 7.69. The van der Waals surface area contributed by atoms with Crippen molar-refractivity contribution < 1.29 is 23.9 Å². The van der Waals surface area contributed by atoms with Crippen molar-refractivity contribution in [2.45, 2.75) is 6.54 Å². The van der Waals surface area contributed by atoms with Gasteiger partial charge < -0.3 is 14.8 Å². The normalized spacial score (nSPS) is 11.1. The molecule has 0 bridgehead atoms. The number of benzene rings is 1. The highest BCUT2D eigenvalue weighted by Gasteiger charge is 2.21. The van der Waals surface area contributed by atoms with Crippen molar-refractivity contribution in [2.24, 2.45) is 0 Å². The molecule has 3 rings (SSSR count). The lowest BCUT2D eigenvalue weighted by atomic mass is 10.2. The number of nitrogens with zero attached hydrogens (tertiary/aromatic N) is 2. The van der Waals surface area contributed by atoms with Crippen molar-refractivity contribution >= 4 is 51.2 Å². The van der Waals surface area contributed by atoms with E-state index in [9.17, 15) is 14.4 Å². The molecule has 0 atom stereocenters. The van der Waals surface area contributed by atoms with Crippen LogP contribution in [-0.2, 0) is 25.6 Å². The number of methoxy groups -OCH3 is 2. The minimum Gasteiger partial charge on any atom is -0.468 e. The van der Waals surface area contributed by atoms with Crippen LogP contribution < -0.4 is 5.32 Å². The van der Waals surface area contributed by atoms with E-state index in [0.717, 1.165) is 16.9 Å². The third kappa shape index (κ3) is 5.77. The molecule has 2 aromatic heterocycles. The second kappa shape index (κ2) is 10.7. The van der Waals surface area contributed by atoms with Crippen LogP contribution in [0.15, 0.2) is 48.5 Å². The molecule has 0 spiro atoms. The lowest BCUT2D eigenvalue weighted by Gasteiger charge is -2.14. The first-order valence-corrected chi connectivity index (χ1v) is 10.5. The lowest BCUT2D eigenvalue weighted by Crippen LogP contribution is -2.26. The Hall–Kier alpha value is -3.56. The Labute approximate surface area is 189 Å². The zero-order chi connectivity index (χ0) is 23.1. The van der Waals surface area contributed by atoms with Crippen LogP contribution in [0.1, 0.15) is 20.9 Å². The van der Waals surface area contributed by atoms with Crippen LogP contribution in [0.4, 0.5) is 5.69 Å². The highest BCUT2D eigenvalue weighted by atomic mass is 32.1. The predicted molar refractivity (Wildman–Crippen MR) is 123 cm³/mol. The van der Waals surface area contributed by atoms with Gasteiger partial charge in [-0.25, -0.2) is 9.78 Å². The number of rotatable bonds is 8. The van der Waals surface area contributed by atoms with Crippen LogP contribution in [0.5, 0.6) is 0 Å². The average Bonchev–Trinajstić information content (AvgIpc) is 3.15. The summed E-state index contributed by atoms with van der Waals surface area (Å²) in [7, 11) is 4.40. The van der Waals surface area contributed by atoms with E-state index in [1.807, 2.05) is 30.3 Å². The monoisotopic (exact) mass is 453 g/mol. The Morgan fingerprint density at radius 2 is 1.84 bits per heavy atom. The Morgan fingerprint density at radius 1 is 1.09 bits per heavy atom. The first-order valence-electron chi connectivity index (χ1n) is 9.71. The van der Waals surface area contributed by atoms with Gasteiger partial charge in [0.2, 0.25) is 5.91 Å². The van der Waals surface area contributed by atoms with Crippen LogP contribution in [0.25, 0.3) is 16.3 Å². The van der Waals surface area contributed by atoms with Gasteiger partial charge in [-0.1, -0.05) is 30.3 Å². The molecule has 0 unspecified atom stereocenters.